The number of aliphatic hydroxyl groups is 1. The summed E-state index contributed by atoms with van der Waals surface area (Å²) in [5.41, 5.74) is 1.73. The molecule has 1 unspecified atom stereocenters. The average molecular weight is 249 g/mol. The summed E-state index contributed by atoms with van der Waals surface area (Å²) in [4.78, 5) is 8.35. The molecule has 6 heteroatoms. The largest absolute Gasteiger partial charge is 0.390 e. The van der Waals surface area contributed by atoms with E-state index in [4.69, 9.17) is 9.26 Å². The van der Waals surface area contributed by atoms with Gasteiger partial charge in [0.15, 0.2) is 0 Å². The monoisotopic (exact) mass is 249 g/mol. The predicted octanol–water partition coefficient (Wildman–Crippen LogP) is 0.990. The second kappa shape index (κ2) is 5.70. The molecule has 0 saturated carbocycles. The molecule has 2 aromatic rings. The molecule has 0 bridgehead atoms. The van der Waals surface area contributed by atoms with Crippen LogP contribution in [0.25, 0.3) is 11.5 Å². The van der Waals surface area contributed by atoms with Crippen LogP contribution in [-0.4, -0.2) is 40.1 Å². The zero-order chi connectivity index (χ0) is 13.0. The molecule has 2 rings (SSSR count). The molecule has 0 aliphatic rings. The summed E-state index contributed by atoms with van der Waals surface area (Å²) < 4.78 is 9.89. The fourth-order valence-electron chi connectivity index (χ4n) is 1.55. The highest BCUT2D eigenvalue weighted by Crippen LogP contribution is 2.14. The van der Waals surface area contributed by atoms with E-state index in [0.29, 0.717) is 17.4 Å². The Morgan fingerprint density at radius 1 is 1.50 bits per heavy atom. The molecular formula is C12H15N3O3. The van der Waals surface area contributed by atoms with Crippen molar-refractivity contribution in [1.82, 2.24) is 15.1 Å². The van der Waals surface area contributed by atoms with Crippen LogP contribution in [0.3, 0.4) is 0 Å². The maximum absolute atomic E-state index is 9.56. The summed E-state index contributed by atoms with van der Waals surface area (Å²) in [6, 6.07) is 3.77. The molecule has 0 aromatic carbocycles. The van der Waals surface area contributed by atoms with Gasteiger partial charge in [-0.25, -0.2) is 0 Å². The van der Waals surface area contributed by atoms with Gasteiger partial charge in [-0.15, -0.1) is 0 Å². The van der Waals surface area contributed by atoms with Crippen molar-refractivity contribution in [1.29, 1.82) is 0 Å². The van der Waals surface area contributed by atoms with Gasteiger partial charge in [-0.05, 0) is 24.6 Å². The van der Waals surface area contributed by atoms with Gasteiger partial charge >= 0.3 is 0 Å². The summed E-state index contributed by atoms with van der Waals surface area (Å²) in [7, 11) is 1.53. The van der Waals surface area contributed by atoms with Crippen molar-refractivity contribution >= 4 is 0 Å². The number of hydrogen-bond acceptors (Lipinski definition) is 6. The smallest absolute Gasteiger partial charge is 0.229 e. The molecule has 0 saturated heterocycles. The average Bonchev–Trinajstić information content (AvgIpc) is 2.78. The fourth-order valence-corrected chi connectivity index (χ4v) is 1.55. The first kappa shape index (κ1) is 12.7. The van der Waals surface area contributed by atoms with Gasteiger partial charge in [0.2, 0.25) is 11.7 Å². The summed E-state index contributed by atoms with van der Waals surface area (Å²) in [5, 5.41) is 13.4. The summed E-state index contributed by atoms with van der Waals surface area (Å²) in [6.07, 6.45) is 1.32. The van der Waals surface area contributed by atoms with Gasteiger partial charge in [-0.1, -0.05) is 5.16 Å². The van der Waals surface area contributed by atoms with E-state index in [0.717, 1.165) is 5.56 Å². The van der Waals surface area contributed by atoms with Crippen LogP contribution in [-0.2, 0) is 11.2 Å². The van der Waals surface area contributed by atoms with Crippen LogP contribution in [0.5, 0.6) is 0 Å². The van der Waals surface area contributed by atoms with E-state index in [9.17, 15) is 5.11 Å². The lowest BCUT2D eigenvalue weighted by molar-refractivity contribution is 0.0599. The molecule has 0 amide bonds. The van der Waals surface area contributed by atoms with Crippen molar-refractivity contribution in [3.05, 3.63) is 29.8 Å². The number of nitrogens with zero attached hydrogens (tertiary/aromatic N) is 3. The van der Waals surface area contributed by atoms with Crippen molar-refractivity contribution in [3.63, 3.8) is 0 Å². The molecule has 2 heterocycles. The zero-order valence-corrected chi connectivity index (χ0v) is 10.3. The van der Waals surface area contributed by atoms with E-state index in [-0.39, 0.29) is 13.0 Å². The van der Waals surface area contributed by atoms with Gasteiger partial charge < -0.3 is 14.4 Å². The lowest BCUT2D eigenvalue weighted by atomic mass is 10.2. The number of aliphatic hydroxyl groups excluding tert-OH is 1. The highest BCUT2D eigenvalue weighted by atomic mass is 16.5. The quantitative estimate of drug-likeness (QED) is 0.851. The summed E-state index contributed by atoms with van der Waals surface area (Å²) in [5.74, 6) is 0.802. The Hall–Kier alpha value is -1.79. The van der Waals surface area contributed by atoms with Crippen LogP contribution < -0.4 is 0 Å². The normalized spacial score (nSPS) is 12.6. The van der Waals surface area contributed by atoms with E-state index in [1.807, 2.05) is 19.1 Å². The van der Waals surface area contributed by atoms with Crippen molar-refractivity contribution < 1.29 is 14.4 Å². The Bertz CT molecular complexity index is 513. The van der Waals surface area contributed by atoms with Crippen LogP contribution >= 0.6 is 0 Å². The van der Waals surface area contributed by atoms with E-state index < -0.39 is 6.10 Å². The minimum atomic E-state index is -0.645. The van der Waals surface area contributed by atoms with E-state index in [1.165, 1.54) is 7.11 Å². The molecule has 0 aliphatic carbocycles. The first-order valence-corrected chi connectivity index (χ1v) is 5.61. The number of ether oxygens (including phenoxy) is 1. The van der Waals surface area contributed by atoms with Crippen LogP contribution in [0.2, 0.25) is 0 Å². The Morgan fingerprint density at radius 2 is 2.33 bits per heavy atom. The Kier molecular flexibility index (Phi) is 4.01. The minimum Gasteiger partial charge on any atom is -0.390 e. The number of methoxy groups -OCH3 is 1. The molecule has 0 aliphatic heterocycles. The third-order valence-corrected chi connectivity index (χ3v) is 2.38. The molecule has 0 radical (unpaired) electrons. The molecule has 0 spiro atoms. The van der Waals surface area contributed by atoms with Gasteiger partial charge in [0.1, 0.15) is 5.69 Å². The topological polar surface area (TPSA) is 81.3 Å². The SMILES string of the molecule is COCC(O)Cc1nc(-c2cc(C)ccn2)no1. The maximum Gasteiger partial charge on any atom is 0.229 e. The molecule has 18 heavy (non-hydrogen) atoms. The number of aromatic nitrogens is 3. The number of pyridine rings is 1. The third-order valence-electron chi connectivity index (χ3n) is 2.38. The molecule has 1 N–H and O–H groups in total. The lowest BCUT2D eigenvalue weighted by Gasteiger charge is -2.04. The van der Waals surface area contributed by atoms with Gasteiger partial charge in [-0.3, -0.25) is 4.98 Å². The van der Waals surface area contributed by atoms with Crippen LogP contribution in [0.4, 0.5) is 0 Å². The number of rotatable bonds is 5. The molecule has 1 atom stereocenters. The second-order valence-electron chi connectivity index (χ2n) is 4.04. The van der Waals surface area contributed by atoms with E-state index >= 15 is 0 Å². The van der Waals surface area contributed by atoms with Crippen molar-refractivity contribution in [3.8, 4) is 11.5 Å². The van der Waals surface area contributed by atoms with Crippen LogP contribution in [0, 0.1) is 6.92 Å². The fraction of sp³-hybridized carbons (Fsp3) is 0.417. The van der Waals surface area contributed by atoms with Crippen LogP contribution in [0.1, 0.15) is 11.5 Å². The zero-order valence-electron chi connectivity index (χ0n) is 10.3. The Morgan fingerprint density at radius 3 is 3.06 bits per heavy atom. The Labute approximate surface area is 105 Å². The molecule has 0 fully saturated rings. The van der Waals surface area contributed by atoms with Gasteiger partial charge in [0, 0.05) is 13.3 Å². The molecular weight excluding hydrogens is 234 g/mol. The Balaban J connectivity index is 2.10. The lowest BCUT2D eigenvalue weighted by Crippen LogP contribution is -2.17. The van der Waals surface area contributed by atoms with Gasteiger partial charge in [0.05, 0.1) is 19.1 Å². The number of hydrogen-bond donors (Lipinski definition) is 1. The predicted molar refractivity (Wildman–Crippen MR) is 63.9 cm³/mol. The third kappa shape index (κ3) is 3.12. The van der Waals surface area contributed by atoms with Gasteiger partial charge in [0.25, 0.3) is 0 Å². The maximum atomic E-state index is 9.56. The standard InChI is InChI=1S/C12H15N3O3/c1-8-3-4-13-10(5-8)12-14-11(18-15-12)6-9(16)7-17-2/h3-5,9,16H,6-7H2,1-2H3. The van der Waals surface area contributed by atoms with Crippen molar-refractivity contribution in [2.45, 2.75) is 19.4 Å². The van der Waals surface area contributed by atoms with Crippen LogP contribution in [0.15, 0.2) is 22.9 Å². The highest BCUT2D eigenvalue weighted by Gasteiger charge is 2.13. The highest BCUT2D eigenvalue weighted by molar-refractivity contribution is 5.48. The summed E-state index contributed by atoms with van der Waals surface area (Å²) in [6.45, 7) is 2.20. The summed E-state index contributed by atoms with van der Waals surface area (Å²) >= 11 is 0. The van der Waals surface area contributed by atoms with E-state index in [2.05, 4.69) is 15.1 Å². The second-order valence-corrected chi connectivity index (χ2v) is 4.04. The molecule has 2 aromatic heterocycles. The van der Waals surface area contributed by atoms with Crippen molar-refractivity contribution in [2.24, 2.45) is 0 Å². The molecule has 6 nitrogen and oxygen atoms in total. The minimum absolute atomic E-state index is 0.237. The first-order chi connectivity index (χ1) is 8.69. The van der Waals surface area contributed by atoms with Gasteiger partial charge in [-0.2, -0.15) is 4.98 Å². The van der Waals surface area contributed by atoms with Crippen molar-refractivity contribution in [2.75, 3.05) is 13.7 Å². The molecule has 96 valence electrons. The number of aryl methyl sites for hydroxylation is 1. The van der Waals surface area contributed by atoms with E-state index in [1.54, 1.807) is 6.20 Å². The first-order valence-electron chi connectivity index (χ1n) is 5.61.